The van der Waals surface area contributed by atoms with Gasteiger partial charge in [-0.2, -0.15) is 0 Å². The van der Waals surface area contributed by atoms with Gasteiger partial charge in [0, 0.05) is 11.3 Å². The van der Waals surface area contributed by atoms with Gasteiger partial charge in [0.15, 0.2) is 0 Å². The van der Waals surface area contributed by atoms with Gasteiger partial charge in [-0.3, -0.25) is 0 Å². The van der Waals surface area contributed by atoms with Crippen LogP contribution in [-0.2, 0) is 5.41 Å². The molecule has 0 atom stereocenters. The van der Waals surface area contributed by atoms with Crippen LogP contribution in [0.15, 0.2) is 4.42 Å². The summed E-state index contributed by atoms with van der Waals surface area (Å²) in [6.45, 7) is 6.31. The minimum atomic E-state index is -0.0279. The molecular weight excluding hydrogens is 188 g/mol. The summed E-state index contributed by atoms with van der Waals surface area (Å²) in [5, 5.41) is 8.34. The van der Waals surface area contributed by atoms with E-state index < -0.39 is 0 Å². The third-order valence-electron chi connectivity index (χ3n) is 3.04. The molecule has 0 unspecified atom stereocenters. The van der Waals surface area contributed by atoms with Gasteiger partial charge in [0.25, 0.3) is 0 Å². The number of aromatic nitrogens is 2. The average molecular weight is 208 g/mol. The Morgan fingerprint density at radius 2 is 1.73 bits per heavy atom. The molecule has 84 valence electrons. The third-order valence-corrected chi connectivity index (χ3v) is 3.04. The Balaban J connectivity index is 2.12. The minimum Gasteiger partial charge on any atom is -0.424 e. The van der Waals surface area contributed by atoms with Crippen LogP contribution in [0.1, 0.15) is 70.6 Å². The van der Waals surface area contributed by atoms with Crippen LogP contribution in [0.3, 0.4) is 0 Å². The summed E-state index contributed by atoms with van der Waals surface area (Å²) in [4.78, 5) is 0. The van der Waals surface area contributed by atoms with Crippen molar-refractivity contribution in [1.29, 1.82) is 0 Å². The lowest BCUT2D eigenvalue weighted by Crippen LogP contribution is -2.11. The van der Waals surface area contributed by atoms with Crippen molar-refractivity contribution < 1.29 is 4.42 Å². The minimum absolute atomic E-state index is 0.0279. The van der Waals surface area contributed by atoms with E-state index >= 15 is 0 Å². The van der Waals surface area contributed by atoms with Crippen molar-refractivity contribution in [3.63, 3.8) is 0 Å². The van der Waals surface area contributed by atoms with Crippen molar-refractivity contribution in [3.8, 4) is 0 Å². The van der Waals surface area contributed by atoms with Gasteiger partial charge in [-0.1, -0.05) is 40.0 Å². The summed E-state index contributed by atoms with van der Waals surface area (Å²) in [5.74, 6) is 2.14. The topological polar surface area (TPSA) is 38.9 Å². The van der Waals surface area contributed by atoms with Gasteiger partial charge < -0.3 is 4.42 Å². The van der Waals surface area contributed by atoms with E-state index in [0.717, 1.165) is 11.8 Å². The largest absolute Gasteiger partial charge is 0.424 e. The molecule has 1 saturated carbocycles. The lowest BCUT2D eigenvalue weighted by atomic mass is 9.89. The van der Waals surface area contributed by atoms with Crippen molar-refractivity contribution >= 4 is 0 Å². The Morgan fingerprint density at radius 3 is 2.27 bits per heavy atom. The number of rotatable bonds is 1. The highest BCUT2D eigenvalue weighted by Gasteiger charge is 2.25. The predicted molar refractivity (Wildman–Crippen MR) is 58.8 cm³/mol. The van der Waals surface area contributed by atoms with Crippen LogP contribution in [0, 0.1) is 0 Å². The second-order valence-electron chi connectivity index (χ2n) is 5.53. The van der Waals surface area contributed by atoms with Crippen molar-refractivity contribution in [2.75, 3.05) is 0 Å². The van der Waals surface area contributed by atoms with Gasteiger partial charge in [-0.05, 0) is 12.8 Å². The van der Waals surface area contributed by atoms with E-state index in [1.54, 1.807) is 0 Å². The molecule has 1 fully saturated rings. The summed E-state index contributed by atoms with van der Waals surface area (Å²) in [6, 6.07) is 0. The van der Waals surface area contributed by atoms with E-state index in [1.807, 2.05) is 0 Å². The van der Waals surface area contributed by atoms with E-state index in [0.29, 0.717) is 5.92 Å². The Bertz CT molecular complexity index is 319. The van der Waals surface area contributed by atoms with Crippen LogP contribution in [-0.4, -0.2) is 10.2 Å². The molecule has 0 radical (unpaired) electrons. The predicted octanol–water partition coefficient (Wildman–Crippen LogP) is 3.41. The fourth-order valence-corrected chi connectivity index (χ4v) is 2.05. The molecule has 0 aromatic carbocycles. The van der Waals surface area contributed by atoms with Crippen LogP contribution in [0.5, 0.6) is 0 Å². The highest BCUT2D eigenvalue weighted by Crippen LogP contribution is 2.33. The molecule has 15 heavy (non-hydrogen) atoms. The smallest absolute Gasteiger partial charge is 0.221 e. The van der Waals surface area contributed by atoms with Crippen molar-refractivity contribution in [3.05, 3.63) is 11.8 Å². The summed E-state index contributed by atoms with van der Waals surface area (Å²) in [7, 11) is 0. The molecule has 2 rings (SSSR count). The lowest BCUT2D eigenvalue weighted by Gasteiger charge is -2.18. The van der Waals surface area contributed by atoms with E-state index in [4.69, 9.17) is 4.42 Å². The fraction of sp³-hybridized carbons (Fsp3) is 0.833. The van der Waals surface area contributed by atoms with Crippen molar-refractivity contribution in [2.45, 2.75) is 64.2 Å². The Labute approximate surface area is 91.3 Å². The van der Waals surface area contributed by atoms with Crippen LogP contribution in [0.4, 0.5) is 0 Å². The Hall–Kier alpha value is -0.860. The first-order valence-corrected chi connectivity index (χ1v) is 5.91. The molecule has 1 aromatic heterocycles. The molecule has 1 aromatic rings. The van der Waals surface area contributed by atoms with E-state index in [-0.39, 0.29) is 5.41 Å². The van der Waals surface area contributed by atoms with Crippen LogP contribution >= 0.6 is 0 Å². The first-order chi connectivity index (χ1) is 7.07. The lowest BCUT2D eigenvalue weighted by molar-refractivity contribution is 0.323. The van der Waals surface area contributed by atoms with Crippen LogP contribution in [0.25, 0.3) is 0 Å². The van der Waals surface area contributed by atoms with Gasteiger partial charge in [-0.15, -0.1) is 10.2 Å². The summed E-state index contributed by atoms with van der Waals surface area (Å²) < 4.78 is 5.77. The normalized spacial score (nSPS) is 19.4. The summed E-state index contributed by atoms with van der Waals surface area (Å²) in [6.07, 6.45) is 6.39. The van der Waals surface area contributed by atoms with Crippen molar-refractivity contribution in [1.82, 2.24) is 10.2 Å². The zero-order valence-electron chi connectivity index (χ0n) is 9.92. The zero-order valence-corrected chi connectivity index (χ0v) is 9.92. The monoisotopic (exact) mass is 208 g/mol. The first kappa shape index (κ1) is 10.7. The molecule has 1 heterocycles. The van der Waals surface area contributed by atoms with E-state index in [1.165, 1.54) is 32.1 Å². The van der Waals surface area contributed by atoms with Crippen molar-refractivity contribution in [2.24, 2.45) is 0 Å². The number of nitrogens with zero attached hydrogens (tertiary/aromatic N) is 2. The van der Waals surface area contributed by atoms with Gasteiger partial charge in [-0.25, -0.2) is 0 Å². The SMILES string of the molecule is CC(C)(C)c1nnc(C2CCCCC2)o1. The second-order valence-corrected chi connectivity index (χ2v) is 5.53. The molecule has 0 bridgehead atoms. The molecule has 3 nitrogen and oxygen atoms in total. The first-order valence-electron chi connectivity index (χ1n) is 5.91. The van der Waals surface area contributed by atoms with E-state index in [9.17, 15) is 0 Å². The van der Waals surface area contributed by atoms with Crippen LogP contribution < -0.4 is 0 Å². The van der Waals surface area contributed by atoms with Gasteiger partial charge >= 0.3 is 0 Å². The molecular formula is C12H20N2O. The Kier molecular flexibility index (Phi) is 2.81. The second kappa shape index (κ2) is 3.95. The fourth-order valence-electron chi connectivity index (χ4n) is 2.05. The third kappa shape index (κ3) is 2.39. The molecule has 0 aliphatic heterocycles. The van der Waals surface area contributed by atoms with Crippen LogP contribution in [0.2, 0.25) is 0 Å². The standard InChI is InChI=1S/C12H20N2O/c1-12(2,3)11-14-13-10(15-11)9-7-5-4-6-8-9/h9H,4-8H2,1-3H3. The van der Waals surface area contributed by atoms with Gasteiger partial charge in [0.05, 0.1) is 0 Å². The molecule has 3 heteroatoms. The molecule has 0 amide bonds. The maximum atomic E-state index is 5.77. The maximum Gasteiger partial charge on any atom is 0.221 e. The molecule has 0 N–H and O–H groups in total. The highest BCUT2D eigenvalue weighted by molar-refractivity contribution is 4.99. The summed E-state index contributed by atoms with van der Waals surface area (Å²) >= 11 is 0. The van der Waals surface area contributed by atoms with E-state index in [2.05, 4.69) is 31.0 Å². The Morgan fingerprint density at radius 1 is 1.07 bits per heavy atom. The molecule has 1 aliphatic rings. The van der Waals surface area contributed by atoms with Gasteiger partial charge in [0.2, 0.25) is 11.8 Å². The number of hydrogen-bond donors (Lipinski definition) is 0. The maximum absolute atomic E-state index is 5.77. The molecule has 0 saturated heterocycles. The zero-order chi connectivity index (χ0) is 10.9. The molecule has 0 spiro atoms. The molecule has 1 aliphatic carbocycles. The quantitative estimate of drug-likeness (QED) is 0.710. The highest BCUT2D eigenvalue weighted by atomic mass is 16.4. The average Bonchev–Trinajstić information content (AvgIpc) is 2.67. The number of hydrogen-bond acceptors (Lipinski definition) is 3. The summed E-state index contributed by atoms with van der Waals surface area (Å²) in [5.41, 5.74) is -0.0279. The van der Waals surface area contributed by atoms with Gasteiger partial charge in [0.1, 0.15) is 0 Å².